The number of unbranched alkanes of at least 4 members (excludes halogenated alkanes) is 1. The molecule has 1 N–H and O–H groups in total. The predicted octanol–water partition coefficient (Wildman–Crippen LogP) is 7.01. The molecule has 2 aliphatic heterocycles. The van der Waals surface area contributed by atoms with Crippen LogP contribution in [0.4, 0.5) is 0 Å². The minimum Gasteiger partial charge on any atom is -0.317 e. The van der Waals surface area contributed by atoms with E-state index in [4.69, 9.17) is 0 Å². The smallest absolute Gasteiger partial charge is 0.151 e. The van der Waals surface area contributed by atoms with E-state index < -0.39 is 0 Å². The average Bonchev–Trinajstić information content (AvgIpc) is 2.95. The van der Waals surface area contributed by atoms with Crippen LogP contribution in [0.2, 0.25) is 0 Å². The Morgan fingerprint density at radius 1 is 0.865 bits per heavy atom. The number of likely N-dealkylation sites (tertiary alicyclic amines) is 2. The maximum absolute atomic E-state index is 11.2. The van der Waals surface area contributed by atoms with Crippen LogP contribution in [0.1, 0.15) is 69.7 Å². The molecule has 1 atom stereocenters. The quantitative estimate of drug-likeness (QED) is 0.290. The van der Waals surface area contributed by atoms with Crippen molar-refractivity contribution in [2.45, 2.75) is 65.3 Å². The number of carbonyl (C=O) groups excluding carboxylic acids is 1. The van der Waals surface area contributed by atoms with Crippen LogP contribution >= 0.6 is 0 Å². The Morgan fingerprint density at radius 2 is 1.46 bits per heavy atom. The molecular formula is C33H49N3O. The number of carbonyl (C=O) groups is 1. The van der Waals surface area contributed by atoms with Gasteiger partial charge in [0, 0.05) is 18.2 Å². The van der Waals surface area contributed by atoms with Crippen LogP contribution in [-0.4, -0.2) is 68.4 Å². The van der Waals surface area contributed by atoms with E-state index in [0.29, 0.717) is 0 Å². The van der Waals surface area contributed by atoms with Gasteiger partial charge >= 0.3 is 0 Å². The Morgan fingerprint density at radius 3 is 2.00 bits per heavy atom. The van der Waals surface area contributed by atoms with Crippen molar-refractivity contribution in [3.63, 3.8) is 0 Å². The first-order chi connectivity index (χ1) is 18.1. The number of rotatable bonds is 6. The van der Waals surface area contributed by atoms with Gasteiger partial charge in [-0.15, -0.1) is 0 Å². The molecule has 5 rings (SSSR count). The summed E-state index contributed by atoms with van der Waals surface area (Å²) in [5.41, 5.74) is 0.786. The van der Waals surface area contributed by atoms with E-state index in [-0.39, 0.29) is 0 Å². The number of aldehydes is 1. The van der Waals surface area contributed by atoms with Crippen molar-refractivity contribution in [1.82, 2.24) is 15.1 Å². The van der Waals surface area contributed by atoms with Crippen molar-refractivity contribution in [1.29, 1.82) is 0 Å². The molecule has 37 heavy (non-hydrogen) atoms. The molecule has 0 radical (unpaired) electrons. The highest BCUT2D eigenvalue weighted by Crippen LogP contribution is 2.27. The van der Waals surface area contributed by atoms with Crippen LogP contribution in [-0.2, 0) is 0 Å². The lowest BCUT2D eigenvalue weighted by Crippen LogP contribution is -2.49. The third-order valence-electron chi connectivity index (χ3n) is 7.87. The zero-order valence-corrected chi connectivity index (χ0v) is 23.7. The van der Waals surface area contributed by atoms with Gasteiger partial charge in [0.15, 0.2) is 6.29 Å². The molecule has 4 heteroatoms. The van der Waals surface area contributed by atoms with Gasteiger partial charge in [-0.2, -0.15) is 0 Å². The molecule has 0 aliphatic carbocycles. The first kappa shape index (κ1) is 29.3. The highest BCUT2D eigenvalue weighted by atomic mass is 16.1. The number of hydrogen-bond donors (Lipinski definition) is 1. The van der Waals surface area contributed by atoms with Gasteiger partial charge in [0.2, 0.25) is 0 Å². The van der Waals surface area contributed by atoms with Gasteiger partial charge in [0.05, 0.1) is 0 Å². The normalized spacial score (nSPS) is 19.1. The Labute approximate surface area is 225 Å². The maximum Gasteiger partial charge on any atom is 0.151 e. The number of piperidine rings is 2. The van der Waals surface area contributed by atoms with E-state index >= 15 is 0 Å². The molecule has 4 nitrogen and oxygen atoms in total. The van der Waals surface area contributed by atoms with Gasteiger partial charge in [0.25, 0.3) is 0 Å². The third-order valence-corrected chi connectivity index (χ3v) is 7.87. The van der Waals surface area contributed by atoms with Crippen molar-refractivity contribution >= 4 is 27.8 Å². The molecule has 0 amide bonds. The van der Waals surface area contributed by atoms with Crippen molar-refractivity contribution in [2.75, 3.05) is 46.3 Å². The first-order valence-electron chi connectivity index (χ1n) is 14.6. The first-order valence-corrected chi connectivity index (χ1v) is 14.6. The third kappa shape index (κ3) is 8.63. The summed E-state index contributed by atoms with van der Waals surface area (Å²) >= 11 is 0. The number of benzene rings is 3. The summed E-state index contributed by atoms with van der Waals surface area (Å²) < 4.78 is 0. The second-order valence-electron chi connectivity index (χ2n) is 10.7. The predicted molar refractivity (Wildman–Crippen MR) is 161 cm³/mol. The van der Waals surface area contributed by atoms with Crippen LogP contribution in [0.25, 0.3) is 21.5 Å². The van der Waals surface area contributed by atoms with Gasteiger partial charge in [-0.25, -0.2) is 0 Å². The van der Waals surface area contributed by atoms with Gasteiger partial charge in [-0.05, 0) is 99.0 Å². The molecule has 0 aromatic heterocycles. The Bertz CT molecular complexity index is 1020. The van der Waals surface area contributed by atoms with Crippen molar-refractivity contribution in [2.24, 2.45) is 5.92 Å². The SMILES string of the molecule is CCCC.CCNCC1CCCN(C2CCN(C)CC2)C1.O=Cc1c2ccccc2cc2ccccc12. The molecule has 2 fully saturated rings. The standard InChI is InChI=1S/C15H10O.C14H29N3.C4H10/c16-10-15-13-7-3-1-5-11(13)9-12-6-2-4-8-14(12)15;1-3-15-11-13-5-4-8-17(12-13)14-6-9-16(2)10-7-14;1-3-4-2/h1-10H;13-15H,3-12H2,1-2H3;3-4H2,1-2H3. The second-order valence-corrected chi connectivity index (χ2v) is 10.7. The van der Waals surface area contributed by atoms with Crippen LogP contribution in [0.5, 0.6) is 0 Å². The lowest BCUT2D eigenvalue weighted by molar-refractivity contribution is 0.0787. The van der Waals surface area contributed by atoms with E-state index in [2.05, 4.69) is 49.0 Å². The van der Waals surface area contributed by atoms with E-state index in [1.54, 1.807) is 0 Å². The summed E-state index contributed by atoms with van der Waals surface area (Å²) in [5.74, 6) is 0.892. The summed E-state index contributed by atoms with van der Waals surface area (Å²) in [5, 5.41) is 7.79. The summed E-state index contributed by atoms with van der Waals surface area (Å²) in [4.78, 5) is 16.5. The molecule has 0 bridgehead atoms. The van der Waals surface area contributed by atoms with Crippen LogP contribution in [0.3, 0.4) is 0 Å². The fourth-order valence-electron chi connectivity index (χ4n) is 5.48. The highest BCUT2D eigenvalue weighted by Gasteiger charge is 2.27. The zero-order chi connectivity index (χ0) is 26.5. The van der Waals surface area contributed by atoms with E-state index in [1.807, 2.05) is 48.5 Å². The van der Waals surface area contributed by atoms with Gasteiger partial charge in [-0.1, -0.05) is 82.1 Å². The molecule has 202 valence electrons. The molecular weight excluding hydrogens is 454 g/mol. The Hall–Kier alpha value is -2.27. The second kappa shape index (κ2) is 15.9. The molecule has 1 unspecified atom stereocenters. The van der Waals surface area contributed by atoms with Crippen LogP contribution < -0.4 is 5.32 Å². The largest absolute Gasteiger partial charge is 0.317 e. The number of hydrogen-bond acceptors (Lipinski definition) is 4. The number of nitrogens with one attached hydrogen (secondary N) is 1. The molecule has 2 saturated heterocycles. The minimum absolute atomic E-state index is 0.786. The molecule has 3 aromatic rings. The minimum atomic E-state index is 0.786. The monoisotopic (exact) mass is 503 g/mol. The maximum atomic E-state index is 11.2. The lowest BCUT2D eigenvalue weighted by Gasteiger charge is -2.41. The Balaban J connectivity index is 0.000000180. The molecule has 2 heterocycles. The Kier molecular flexibility index (Phi) is 12.6. The van der Waals surface area contributed by atoms with Gasteiger partial charge in [0.1, 0.15) is 0 Å². The van der Waals surface area contributed by atoms with Crippen molar-refractivity contribution < 1.29 is 4.79 Å². The van der Waals surface area contributed by atoms with E-state index in [1.165, 1.54) is 71.2 Å². The topological polar surface area (TPSA) is 35.6 Å². The van der Waals surface area contributed by atoms with E-state index in [9.17, 15) is 4.79 Å². The van der Waals surface area contributed by atoms with Crippen molar-refractivity contribution in [3.8, 4) is 0 Å². The highest BCUT2D eigenvalue weighted by molar-refractivity contribution is 6.12. The number of fused-ring (bicyclic) bond motifs is 2. The fourth-order valence-corrected chi connectivity index (χ4v) is 5.48. The van der Waals surface area contributed by atoms with Crippen LogP contribution in [0.15, 0.2) is 54.6 Å². The van der Waals surface area contributed by atoms with Gasteiger partial charge < -0.3 is 10.2 Å². The van der Waals surface area contributed by atoms with E-state index in [0.717, 1.165) is 51.9 Å². The molecule has 0 saturated carbocycles. The van der Waals surface area contributed by atoms with Crippen LogP contribution in [0, 0.1) is 5.92 Å². The zero-order valence-electron chi connectivity index (χ0n) is 23.7. The summed E-state index contributed by atoms with van der Waals surface area (Å²) in [6.07, 6.45) is 9.18. The van der Waals surface area contributed by atoms with Gasteiger partial charge in [-0.3, -0.25) is 9.69 Å². The molecule has 3 aromatic carbocycles. The fraction of sp³-hybridized carbons (Fsp3) is 0.545. The number of nitrogens with zero attached hydrogens (tertiary/aromatic N) is 2. The van der Waals surface area contributed by atoms with Crippen molar-refractivity contribution in [3.05, 3.63) is 60.2 Å². The molecule has 0 spiro atoms. The summed E-state index contributed by atoms with van der Waals surface area (Å²) in [6, 6.07) is 19.0. The average molecular weight is 504 g/mol. The lowest BCUT2D eigenvalue weighted by atomic mass is 9.94. The molecule has 2 aliphatic rings. The summed E-state index contributed by atoms with van der Waals surface area (Å²) in [6.45, 7) is 14.2. The summed E-state index contributed by atoms with van der Waals surface area (Å²) in [7, 11) is 2.25.